The summed E-state index contributed by atoms with van der Waals surface area (Å²) in [5.74, 6) is 0.344. The lowest BCUT2D eigenvalue weighted by atomic mass is 9.82. The van der Waals surface area contributed by atoms with E-state index in [1.54, 1.807) is 31.2 Å². The van der Waals surface area contributed by atoms with Gasteiger partial charge in [-0.3, -0.25) is 9.52 Å². The van der Waals surface area contributed by atoms with Crippen LogP contribution in [0.5, 0.6) is 0 Å². The molecular weight excluding hydrogens is 464 g/mol. The topological polar surface area (TPSA) is 112 Å². The summed E-state index contributed by atoms with van der Waals surface area (Å²) in [5.41, 5.74) is 2.08. The first kappa shape index (κ1) is 23.3. The molecule has 1 aliphatic heterocycles. The fourth-order valence-electron chi connectivity index (χ4n) is 4.65. The molecule has 1 aliphatic carbocycles. The van der Waals surface area contributed by atoms with Crippen molar-refractivity contribution in [3.05, 3.63) is 66.2 Å². The third-order valence-corrected chi connectivity index (χ3v) is 8.02. The van der Waals surface area contributed by atoms with Gasteiger partial charge >= 0.3 is 5.97 Å². The SMILES string of the molecule is C[C@@]1(C(=O)O)CCCN(c2cccc(S(=O)(=O)Nc3cccc(-c4ccccc4C4CC4)n3)n2)C1. The molecule has 2 N–H and O–H groups in total. The van der Waals surface area contributed by atoms with Crippen molar-refractivity contribution in [2.75, 3.05) is 22.7 Å². The Labute approximate surface area is 205 Å². The van der Waals surface area contributed by atoms with Crippen LogP contribution in [0, 0.1) is 5.41 Å². The van der Waals surface area contributed by atoms with Gasteiger partial charge in [-0.1, -0.05) is 36.4 Å². The molecule has 0 unspecified atom stereocenters. The normalized spacial score (nSPS) is 20.4. The van der Waals surface area contributed by atoms with Crippen LogP contribution in [0.1, 0.15) is 44.1 Å². The van der Waals surface area contributed by atoms with Crippen molar-refractivity contribution >= 4 is 27.6 Å². The summed E-state index contributed by atoms with van der Waals surface area (Å²) < 4.78 is 28.9. The minimum atomic E-state index is -4.00. The molecule has 3 aromatic rings. The van der Waals surface area contributed by atoms with Gasteiger partial charge in [-0.05, 0) is 68.4 Å². The largest absolute Gasteiger partial charge is 0.481 e. The molecule has 9 heteroatoms. The van der Waals surface area contributed by atoms with Crippen molar-refractivity contribution in [1.82, 2.24) is 9.97 Å². The van der Waals surface area contributed by atoms with E-state index in [1.165, 1.54) is 11.6 Å². The summed E-state index contributed by atoms with van der Waals surface area (Å²) in [6, 6.07) is 18.2. The van der Waals surface area contributed by atoms with Crippen LogP contribution < -0.4 is 9.62 Å². The molecule has 2 aromatic heterocycles. The van der Waals surface area contributed by atoms with Crippen molar-refractivity contribution in [2.45, 2.75) is 43.6 Å². The second kappa shape index (κ2) is 8.96. The minimum Gasteiger partial charge on any atom is -0.481 e. The predicted molar refractivity (Wildman–Crippen MR) is 134 cm³/mol. The van der Waals surface area contributed by atoms with Gasteiger partial charge in [0.25, 0.3) is 10.0 Å². The highest BCUT2D eigenvalue weighted by atomic mass is 32.2. The average Bonchev–Trinajstić information content (AvgIpc) is 3.70. The van der Waals surface area contributed by atoms with E-state index in [0.29, 0.717) is 31.1 Å². The number of rotatable bonds is 7. The number of piperidine rings is 1. The molecule has 1 saturated heterocycles. The number of benzene rings is 1. The number of anilines is 2. The Balaban J connectivity index is 1.39. The second-order valence-electron chi connectivity index (χ2n) is 9.60. The van der Waals surface area contributed by atoms with Crippen LogP contribution in [0.15, 0.2) is 65.7 Å². The molecule has 0 bridgehead atoms. The first-order valence-electron chi connectivity index (χ1n) is 11.8. The van der Waals surface area contributed by atoms with Gasteiger partial charge in [0.15, 0.2) is 5.03 Å². The molecule has 0 spiro atoms. The van der Waals surface area contributed by atoms with Crippen molar-refractivity contribution in [3.63, 3.8) is 0 Å². The molecule has 182 valence electrons. The van der Waals surface area contributed by atoms with Crippen LogP contribution in [-0.4, -0.2) is 42.6 Å². The first-order valence-corrected chi connectivity index (χ1v) is 13.3. The lowest BCUT2D eigenvalue weighted by Crippen LogP contribution is -2.46. The van der Waals surface area contributed by atoms with Crippen LogP contribution in [-0.2, 0) is 14.8 Å². The minimum absolute atomic E-state index is 0.136. The molecule has 1 saturated carbocycles. The average molecular weight is 493 g/mol. The van der Waals surface area contributed by atoms with E-state index in [0.717, 1.165) is 24.1 Å². The van der Waals surface area contributed by atoms with E-state index in [2.05, 4.69) is 20.8 Å². The number of carboxylic acid groups (broad SMARTS) is 1. The zero-order valence-electron chi connectivity index (χ0n) is 19.5. The Bertz CT molecular complexity index is 1370. The molecule has 2 aliphatic rings. The van der Waals surface area contributed by atoms with E-state index in [1.807, 2.05) is 29.2 Å². The number of nitrogens with one attached hydrogen (secondary N) is 1. The summed E-state index contributed by atoms with van der Waals surface area (Å²) >= 11 is 0. The fraction of sp³-hybridized carbons (Fsp3) is 0.346. The quantitative estimate of drug-likeness (QED) is 0.499. The number of pyridine rings is 2. The molecule has 1 aromatic carbocycles. The van der Waals surface area contributed by atoms with E-state index < -0.39 is 21.4 Å². The molecule has 0 radical (unpaired) electrons. The maximum absolute atomic E-state index is 13.2. The van der Waals surface area contributed by atoms with Gasteiger partial charge in [0.1, 0.15) is 11.6 Å². The zero-order valence-corrected chi connectivity index (χ0v) is 20.3. The van der Waals surface area contributed by atoms with Gasteiger partial charge in [-0.15, -0.1) is 0 Å². The van der Waals surface area contributed by atoms with Crippen molar-refractivity contribution < 1.29 is 18.3 Å². The van der Waals surface area contributed by atoms with Gasteiger partial charge in [-0.25, -0.2) is 9.97 Å². The third-order valence-electron chi connectivity index (χ3n) is 6.76. The Morgan fingerprint density at radius 3 is 2.60 bits per heavy atom. The lowest BCUT2D eigenvalue weighted by molar-refractivity contribution is -0.148. The van der Waals surface area contributed by atoms with Gasteiger partial charge in [0.05, 0.1) is 11.1 Å². The summed E-state index contributed by atoms with van der Waals surface area (Å²) in [4.78, 5) is 22.5. The molecule has 1 atom stereocenters. The fourth-order valence-corrected chi connectivity index (χ4v) is 5.62. The highest BCUT2D eigenvalue weighted by Crippen LogP contribution is 2.44. The first-order chi connectivity index (χ1) is 16.7. The van der Waals surface area contributed by atoms with Crippen LogP contribution in [0.25, 0.3) is 11.3 Å². The number of hydrogen-bond donors (Lipinski definition) is 2. The Kier molecular flexibility index (Phi) is 5.96. The summed E-state index contributed by atoms with van der Waals surface area (Å²) in [6.07, 6.45) is 3.59. The molecule has 5 rings (SSSR count). The number of aliphatic carboxylic acids is 1. The van der Waals surface area contributed by atoms with E-state index in [4.69, 9.17) is 0 Å². The molecule has 3 heterocycles. The maximum atomic E-state index is 13.2. The monoisotopic (exact) mass is 492 g/mol. The Morgan fingerprint density at radius 1 is 1.06 bits per heavy atom. The van der Waals surface area contributed by atoms with Crippen molar-refractivity contribution in [1.29, 1.82) is 0 Å². The van der Waals surface area contributed by atoms with Crippen molar-refractivity contribution in [2.24, 2.45) is 5.41 Å². The zero-order chi connectivity index (χ0) is 24.6. The highest BCUT2D eigenvalue weighted by Gasteiger charge is 2.38. The summed E-state index contributed by atoms with van der Waals surface area (Å²) in [6.45, 7) is 2.61. The summed E-state index contributed by atoms with van der Waals surface area (Å²) in [5, 5.41) is 9.47. The lowest BCUT2D eigenvalue weighted by Gasteiger charge is -2.38. The number of carbonyl (C=O) groups is 1. The van der Waals surface area contributed by atoms with E-state index >= 15 is 0 Å². The number of sulfonamides is 1. The van der Waals surface area contributed by atoms with E-state index in [-0.39, 0.29) is 17.4 Å². The smallest absolute Gasteiger partial charge is 0.311 e. The molecule has 8 nitrogen and oxygen atoms in total. The van der Waals surface area contributed by atoms with Crippen LogP contribution >= 0.6 is 0 Å². The van der Waals surface area contributed by atoms with Gasteiger partial charge in [0.2, 0.25) is 0 Å². The number of nitrogens with zero attached hydrogens (tertiary/aromatic N) is 3. The maximum Gasteiger partial charge on any atom is 0.311 e. The van der Waals surface area contributed by atoms with E-state index in [9.17, 15) is 18.3 Å². The standard InChI is InChI=1S/C26H28N4O4S/c1-26(25(31)32)15-6-16-30(17-26)23-11-5-12-24(28-23)35(33,34)29-22-10-4-9-21(27-22)20-8-3-2-7-19(20)18-13-14-18/h2-5,7-12,18H,6,13-17H2,1H3,(H,27,29)(H,31,32)/t26-/m1/s1. The van der Waals surface area contributed by atoms with Crippen molar-refractivity contribution in [3.8, 4) is 11.3 Å². The second-order valence-corrected chi connectivity index (χ2v) is 11.2. The third kappa shape index (κ3) is 4.86. The Hall–Kier alpha value is -3.46. The number of hydrogen-bond acceptors (Lipinski definition) is 6. The number of aromatic nitrogens is 2. The van der Waals surface area contributed by atoms with Crippen LogP contribution in [0.4, 0.5) is 11.6 Å². The predicted octanol–water partition coefficient (Wildman–Crippen LogP) is 4.51. The van der Waals surface area contributed by atoms with Gasteiger partial charge in [-0.2, -0.15) is 8.42 Å². The molecule has 35 heavy (non-hydrogen) atoms. The van der Waals surface area contributed by atoms with Crippen LogP contribution in [0.3, 0.4) is 0 Å². The number of carboxylic acids is 1. The molecule has 0 amide bonds. The Morgan fingerprint density at radius 2 is 1.83 bits per heavy atom. The van der Waals surface area contributed by atoms with Crippen LogP contribution in [0.2, 0.25) is 0 Å². The molecule has 2 fully saturated rings. The molecular formula is C26H28N4O4S. The van der Waals surface area contributed by atoms with Gasteiger partial charge in [0, 0.05) is 18.7 Å². The van der Waals surface area contributed by atoms with Gasteiger partial charge < -0.3 is 10.0 Å². The highest BCUT2D eigenvalue weighted by molar-refractivity contribution is 7.92. The summed E-state index contributed by atoms with van der Waals surface area (Å²) in [7, 11) is -4.00.